The average molecular weight is 236 g/mol. The van der Waals surface area contributed by atoms with E-state index >= 15 is 0 Å². The summed E-state index contributed by atoms with van der Waals surface area (Å²) in [4.78, 5) is 11.2. The number of nitrogens with zero attached hydrogens (tertiary/aromatic N) is 3. The summed E-state index contributed by atoms with van der Waals surface area (Å²) < 4.78 is 5.49. The van der Waals surface area contributed by atoms with E-state index in [4.69, 9.17) is 10.5 Å². The van der Waals surface area contributed by atoms with Gasteiger partial charge in [0, 0.05) is 18.8 Å². The van der Waals surface area contributed by atoms with Crippen LogP contribution in [0.2, 0.25) is 0 Å². The van der Waals surface area contributed by atoms with Gasteiger partial charge in [0.05, 0.1) is 24.9 Å². The van der Waals surface area contributed by atoms with E-state index in [2.05, 4.69) is 21.8 Å². The Bertz CT molecular complexity index is 383. The Morgan fingerprint density at radius 1 is 1.53 bits per heavy atom. The molecule has 1 fully saturated rings. The van der Waals surface area contributed by atoms with Crippen LogP contribution in [0, 0.1) is 6.92 Å². The summed E-state index contributed by atoms with van der Waals surface area (Å²) in [7, 11) is 0. The Balaban J connectivity index is 2.27. The van der Waals surface area contributed by atoms with Crippen LogP contribution in [0.15, 0.2) is 6.07 Å². The fourth-order valence-electron chi connectivity index (χ4n) is 2.11. The van der Waals surface area contributed by atoms with E-state index in [1.54, 1.807) is 0 Å². The van der Waals surface area contributed by atoms with Crippen LogP contribution < -0.4 is 10.6 Å². The molecule has 0 bridgehead atoms. The molecule has 94 valence electrons. The van der Waals surface area contributed by atoms with E-state index in [9.17, 15) is 0 Å². The Kier molecular flexibility index (Phi) is 3.91. The van der Waals surface area contributed by atoms with Gasteiger partial charge in [-0.15, -0.1) is 0 Å². The third-order valence-corrected chi connectivity index (χ3v) is 3.06. The Labute approximate surface area is 102 Å². The van der Waals surface area contributed by atoms with Gasteiger partial charge in [0.1, 0.15) is 0 Å². The second-order valence-electron chi connectivity index (χ2n) is 4.34. The van der Waals surface area contributed by atoms with Gasteiger partial charge in [-0.3, -0.25) is 0 Å². The molecule has 2 heterocycles. The van der Waals surface area contributed by atoms with E-state index in [0.717, 1.165) is 43.5 Å². The van der Waals surface area contributed by atoms with Crippen molar-refractivity contribution in [2.24, 2.45) is 5.73 Å². The molecule has 0 spiro atoms. The number of aryl methyl sites for hydroxylation is 1. The van der Waals surface area contributed by atoms with Crippen molar-refractivity contribution in [3.63, 3.8) is 0 Å². The van der Waals surface area contributed by atoms with E-state index in [1.807, 2.05) is 13.0 Å². The highest BCUT2D eigenvalue weighted by atomic mass is 16.5. The predicted molar refractivity (Wildman–Crippen MR) is 66.9 cm³/mol. The van der Waals surface area contributed by atoms with Crippen molar-refractivity contribution in [3.8, 4) is 0 Å². The third-order valence-electron chi connectivity index (χ3n) is 3.06. The number of nitrogens with two attached hydrogens (primary N) is 1. The molecule has 1 aliphatic rings. The van der Waals surface area contributed by atoms with Crippen LogP contribution in [0.1, 0.15) is 24.7 Å². The highest BCUT2D eigenvalue weighted by molar-refractivity contribution is 5.34. The molecule has 5 nitrogen and oxygen atoms in total. The maximum atomic E-state index is 5.65. The molecule has 1 unspecified atom stereocenters. The van der Waals surface area contributed by atoms with Gasteiger partial charge in [-0.1, -0.05) is 6.92 Å². The quantitative estimate of drug-likeness (QED) is 0.843. The lowest BCUT2D eigenvalue weighted by atomic mass is 10.2. The molecule has 1 aromatic heterocycles. The zero-order chi connectivity index (χ0) is 12.3. The van der Waals surface area contributed by atoms with Crippen molar-refractivity contribution in [2.45, 2.75) is 32.9 Å². The molecule has 17 heavy (non-hydrogen) atoms. The number of anilines is 1. The first-order valence-electron chi connectivity index (χ1n) is 6.13. The minimum atomic E-state index is 0.371. The number of morpholine rings is 1. The summed E-state index contributed by atoms with van der Waals surface area (Å²) in [6, 6.07) is 2.31. The first kappa shape index (κ1) is 12.3. The monoisotopic (exact) mass is 236 g/mol. The van der Waals surface area contributed by atoms with E-state index in [-0.39, 0.29) is 0 Å². The van der Waals surface area contributed by atoms with Crippen LogP contribution in [-0.2, 0) is 11.3 Å². The normalized spacial score (nSPS) is 20.6. The summed E-state index contributed by atoms with van der Waals surface area (Å²) in [6.07, 6.45) is 1.04. The molecule has 0 radical (unpaired) electrons. The van der Waals surface area contributed by atoms with Crippen molar-refractivity contribution in [3.05, 3.63) is 17.5 Å². The summed E-state index contributed by atoms with van der Waals surface area (Å²) in [5.41, 5.74) is 7.52. The molecular formula is C12H20N4O. The number of hydrogen-bond acceptors (Lipinski definition) is 5. The zero-order valence-corrected chi connectivity index (χ0v) is 10.5. The lowest BCUT2D eigenvalue weighted by molar-refractivity contribution is 0.0920. The van der Waals surface area contributed by atoms with Crippen LogP contribution in [-0.4, -0.2) is 35.8 Å². The number of hydrogen-bond donors (Lipinski definition) is 1. The van der Waals surface area contributed by atoms with Gasteiger partial charge in [0.25, 0.3) is 0 Å². The molecule has 1 atom stereocenters. The number of rotatable bonds is 3. The maximum Gasteiger partial charge on any atom is 0.226 e. The Hall–Kier alpha value is -1.20. The highest BCUT2D eigenvalue weighted by Crippen LogP contribution is 2.18. The molecule has 2 N–H and O–H groups in total. The highest BCUT2D eigenvalue weighted by Gasteiger charge is 2.23. The third kappa shape index (κ3) is 2.73. The largest absolute Gasteiger partial charge is 0.377 e. The van der Waals surface area contributed by atoms with Crippen LogP contribution >= 0.6 is 0 Å². The van der Waals surface area contributed by atoms with E-state index < -0.39 is 0 Å². The first-order chi connectivity index (χ1) is 8.24. The molecule has 0 aliphatic carbocycles. The zero-order valence-electron chi connectivity index (χ0n) is 10.5. The van der Waals surface area contributed by atoms with Crippen molar-refractivity contribution >= 4 is 5.95 Å². The van der Waals surface area contributed by atoms with E-state index in [1.165, 1.54) is 0 Å². The van der Waals surface area contributed by atoms with E-state index in [0.29, 0.717) is 12.6 Å². The summed E-state index contributed by atoms with van der Waals surface area (Å²) >= 11 is 0. The predicted octanol–water partition coefficient (Wildman–Crippen LogP) is 0.859. The lowest BCUT2D eigenvalue weighted by Crippen LogP contribution is -2.46. The van der Waals surface area contributed by atoms with Gasteiger partial charge in [0.2, 0.25) is 5.95 Å². The Morgan fingerprint density at radius 3 is 3.06 bits per heavy atom. The smallest absolute Gasteiger partial charge is 0.226 e. The average Bonchev–Trinajstić information content (AvgIpc) is 2.37. The van der Waals surface area contributed by atoms with Crippen LogP contribution in [0.3, 0.4) is 0 Å². The van der Waals surface area contributed by atoms with Gasteiger partial charge in [-0.2, -0.15) is 0 Å². The van der Waals surface area contributed by atoms with Crippen molar-refractivity contribution < 1.29 is 4.74 Å². The van der Waals surface area contributed by atoms with Crippen LogP contribution in [0.25, 0.3) is 0 Å². The fraction of sp³-hybridized carbons (Fsp3) is 0.667. The number of aromatic nitrogens is 2. The SMILES string of the molecule is CCC1COCCN1c1nc(C)cc(CN)n1. The molecule has 1 aliphatic heterocycles. The maximum absolute atomic E-state index is 5.65. The van der Waals surface area contributed by atoms with Gasteiger partial charge < -0.3 is 15.4 Å². The molecule has 0 saturated carbocycles. The fourth-order valence-corrected chi connectivity index (χ4v) is 2.11. The molecule has 2 rings (SSSR count). The molecule has 0 aromatic carbocycles. The molecule has 1 saturated heterocycles. The second kappa shape index (κ2) is 5.42. The minimum Gasteiger partial charge on any atom is -0.377 e. The van der Waals surface area contributed by atoms with Crippen LogP contribution in [0.5, 0.6) is 0 Å². The van der Waals surface area contributed by atoms with Crippen molar-refractivity contribution in [1.29, 1.82) is 0 Å². The molecule has 5 heteroatoms. The molecule has 1 aromatic rings. The molecular weight excluding hydrogens is 216 g/mol. The minimum absolute atomic E-state index is 0.371. The van der Waals surface area contributed by atoms with Gasteiger partial charge in [-0.25, -0.2) is 9.97 Å². The summed E-state index contributed by atoms with van der Waals surface area (Å²) in [5, 5.41) is 0. The number of ether oxygens (including phenoxy) is 1. The van der Waals surface area contributed by atoms with Crippen molar-refractivity contribution in [2.75, 3.05) is 24.7 Å². The first-order valence-corrected chi connectivity index (χ1v) is 6.13. The Morgan fingerprint density at radius 2 is 2.35 bits per heavy atom. The second-order valence-corrected chi connectivity index (χ2v) is 4.34. The van der Waals surface area contributed by atoms with Gasteiger partial charge in [-0.05, 0) is 19.4 Å². The molecule has 0 amide bonds. The van der Waals surface area contributed by atoms with Gasteiger partial charge in [0.15, 0.2) is 0 Å². The topological polar surface area (TPSA) is 64.3 Å². The lowest BCUT2D eigenvalue weighted by Gasteiger charge is -2.35. The van der Waals surface area contributed by atoms with Crippen LogP contribution in [0.4, 0.5) is 5.95 Å². The van der Waals surface area contributed by atoms with Crippen molar-refractivity contribution in [1.82, 2.24) is 9.97 Å². The summed E-state index contributed by atoms with van der Waals surface area (Å²) in [5.74, 6) is 0.792. The summed E-state index contributed by atoms with van der Waals surface area (Å²) in [6.45, 7) is 6.94. The van der Waals surface area contributed by atoms with Gasteiger partial charge >= 0.3 is 0 Å². The standard InChI is InChI=1S/C12H20N4O/c1-3-11-8-17-5-4-16(11)12-14-9(2)6-10(7-13)15-12/h6,11H,3-5,7-8,13H2,1-2H3.